The zero-order chi connectivity index (χ0) is 12.5. The lowest BCUT2D eigenvalue weighted by atomic mass is 9.78. The first-order valence-electron chi connectivity index (χ1n) is 5.55. The maximum atomic E-state index is 12.1. The first-order chi connectivity index (χ1) is 8.10. The van der Waals surface area contributed by atoms with Crippen molar-refractivity contribution in [1.82, 2.24) is 0 Å². The van der Waals surface area contributed by atoms with Crippen molar-refractivity contribution in [1.29, 1.82) is 0 Å². The Morgan fingerprint density at radius 3 is 2.24 bits per heavy atom. The Hall–Kier alpha value is -1.68. The third-order valence-corrected chi connectivity index (χ3v) is 3.17. The van der Waals surface area contributed by atoms with E-state index in [1.807, 2.05) is 19.1 Å². The molecule has 0 saturated carbocycles. The molecule has 2 rings (SSSR count). The minimum Gasteiger partial charge on any atom is -0.480 e. The van der Waals surface area contributed by atoms with Gasteiger partial charge in [-0.1, -0.05) is 31.2 Å². The topological polar surface area (TPSA) is 63.6 Å². The van der Waals surface area contributed by atoms with Crippen LogP contribution in [0.4, 0.5) is 0 Å². The number of ether oxygens (including phenoxy) is 1. The van der Waals surface area contributed by atoms with Gasteiger partial charge < -0.3 is 9.84 Å². The molecule has 17 heavy (non-hydrogen) atoms. The molecular weight excluding hydrogens is 220 g/mol. The smallest absolute Gasteiger partial charge is 0.322 e. The summed E-state index contributed by atoms with van der Waals surface area (Å²) in [5.41, 5.74) is 0.192. The number of rotatable bonds is 4. The second-order valence-electron chi connectivity index (χ2n) is 4.26. The maximum absolute atomic E-state index is 12.1. The van der Waals surface area contributed by atoms with Crippen molar-refractivity contribution in [2.24, 2.45) is 5.41 Å². The number of carbonyl (C=O) groups excluding carboxylic acids is 1. The summed E-state index contributed by atoms with van der Waals surface area (Å²) in [4.78, 5) is 23.3. The summed E-state index contributed by atoms with van der Waals surface area (Å²) in [6.07, 6.45) is 0.891. The SMILES string of the molecule is CCc1ccc(C(=O)C2(C(=O)O)COC2)cc1. The summed E-state index contributed by atoms with van der Waals surface area (Å²) in [5, 5.41) is 9.12. The van der Waals surface area contributed by atoms with Crippen molar-refractivity contribution in [3.63, 3.8) is 0 Å². The lowest BCUT2D eigenvalue weighted by Gasteiger charge is -2.35. The van der Waals surface area contributed by atoms with Crippen molar-refractivity contribution in [3.8, 4) is 0 Å². The molecule has 0 bridgehead atoms. The highest BCUT2D eigenvalue weighted by Gasteiger charge is 2.53. The second-order valence-corrected chi connectivity index (χ2v) is 4.26. The van der Waals surface area contributed by atoms with Crippen LogP contribution in [0.25, 0.3) is 0 Å². The molecule has 0 aliphatic carbocycles. The molecule has 1 aliphatic rings. The van der Waals surface area contributed by atoms with Crippen molar-refractivity contribution < 1.29 is 19.4 Å². The van der Waals surface area contributed by atoms with Gasteiger partial charge in [-0.05, 0) is 12.0 Å². The zero-order valence-electron chi connectivity index (χ0n) is 9.60. The number of aryl methyl sites for hydroxylation is 1. The normalized spacial score (nSPS) is 17.2. The van der Waals surface area contributed by atoms with Gasteiger partial charge >= 0.3 is 5.97 Å². The molecule has 0 radical (unpaired) electrons. The Morgan fingerprint density at radius 2 is 1.88 bits per heavy atom. The van der Waals surface area contributed by atoms with Crippen LogP contribution in [-0.2, 0) is 16.0 Å². The van der Waals surface area contributed by atoms with E-state index in [-0.39, 0.29) is 19.0 Å². The molecule has 1 fully saturated rings. The average Bonchev–Trinajstić information content (AvgIpc) is 2.27. The molecule has 1 aliphatic heterocycles. The number of aliphatic carboxylic acids is 1. The van der Waals surface area contributed by atoms with E-state index in [2.05, 4.69) is 0 Å². The molecule has 0 aromatic heterocycles. The third-order valence-electron chi connectivity index (χ3n) is 3.17. The molecule has 90 valence electrons. The largest absolute Gasteiger partial charge is 0.480 e. The standard InChI is InChI=1S/C13H14O4/c1-2-9-3-5-10(6-4-9)11(14)13(12(15)16)7-17-8-13/h3-6H,2,7-8H2,1H3,(H,15,16). The highest BCUT2D eigenvalue weighted by Crippen LogP contribution is 2.32. The lowest BCUT2D eigenvalue weighted by Crippen LogP contribution is -2.54. The number of carboxylic acids is 1. The van der Waals surface area contributed by atoms with E-state index in [4.69, 9.17) is 9.84 Å². The Bertz CT molecular complexity index is 443. The molecule has 4 heteroatoms. The number of carbonyl (C=O) groups is 2. The Morgan fingerprint density at radius 1 is 1.29 bits per heavy atom. The number of ketones is 1. The van der Waals surface area contributed by atoms with Crippen LogP contribution in [0.2, 0.25) is 0 Å². The van der Waals surface area contributed by atoms with Gasteiger partial charge in [-0.15, -0.1) is 0 Å². The monoisotopic (exact) mass is 234 g/mol. The quantitative estimate of drug-likeness (QED) is 0.634. The second kappa shape index (κ2) is 4.30. The van der Waals surface area contributed by atoms with E-state index in [0.29, 0.717) is 5.56 Å². The molecule has 0 amide bonds. The molecule has 1 aromatic carbocycles. The molecule has 0 atom stereocenters. The Balaban J connectivity index is 2.27. The molecular formula is C13H14O4. The predicted molar refractivity (Wildman–Crippen MR) is 61.0 cm³/mol. The van der Waals surface area contributed by atoms with Crippen LogP contribution in [-0.4, -0.2) is 30.1 Å². The molecule has 4 nitrogen and oxygen atoms in total. The molecule has 1 aromatic rings. The summed E-state index contributed by atoms with van der Waals surface area (Å²) in [6, 6.07) is 7.07. The summed E-state index contributed by atoms with van der Waals surface area (Å²) in [7, 11) is 0. The van der Waals surface area contributed by atoms with Gasteiger partial charge in [-0.3, -0.25) is 9.59 Å². The van der Waals surface area contributed by atoms with Gasteiger partial charge in [0.15, 0.2) is 11.2 Å². The summed E-state index contributed by atoms with van der Waals surface area (Å²) in [5.74, 6) is -1.47. The van der Waals surface area contributed by atoms with Gasteiger partial charge in [-0.2, -0.15) is 0 Å². The Kier molecular flexibility index (Phi) is 2.98. The molecule has 1 saturated heterocycles. The van der Waals surface area contributed by atoms with Gasteiger partial charge in [0.2, 0.25) is 0 Å². The zero-order valence-corrected chi connectivity index (χ0v) is 9.60. The minimum absolute atomic E-state index is 0.0311. The fraction of sp³-hybridized carbons (Fsp3) is 0.385. The minimum atomic E-state index is -1.37. The number of hydrogen-bond acceptors (Lipinski definition) is 3. The van der Waals surface area contributed by atoms with Crippen LogP contribution < -0.4 is 0 Å². The summed E-state index contributed by atoms with van der Waals surface area (Å²) < 4.78 is 4.89. The Labute approximate surface area is 99.2 Å². The van der Waals surface area contributed by atoms with Crippen LogP contribution in [0.15, 0.2) is 24.3 Å². The maximum Gasteiger partial charge on any atom is 0.322 e. The lowest BCUT2D eigenvalue weighted by molar-refractivity contribution is -0.168. The van der Waals surface area contributed by atoms with Gasteiger partial charge in [0, 0.05) is 5.56 Å². The fourth-order valence-electron chi connectivity index (χ4n) is 1.83. The van der Waals surface area contributed by atoms with E-state index < -0.39 is 11.4 Å². The van der Waals surface area contributed by atoms with Crippen molar-refractivity contribution >= 4 is 11.8 Å². The van der Waals surface area contributed by atoms with Crippen LogP contribution >= 0.6 is 0 Å². The summed E-state index contributed by atoms with van der Waals surface area (Å²) in [6.45, 7) is 1.96. The van der Waals surface area contributed by atoms with Crippen molar-refractivity contribution in [3.05, 3.63) is 35.4 Å². The van der Waals surface area contributed by atoms with E-state index in [0.717, 1.165) is 12.0 Å². The van der Waals surface area contributed by atoms with Gasteiger partial charge in [0.1, 0.15) is 0 Å². The molecule has 0 unspecified atom stereocenters. The number of carboxylic acid groups (broad SMARTS) is 1. The number of benzene rings is 1. The molecule has 0 spiro atoms. The first-order valence-corrected chi connectivity index (χ1v) is 5.55. The van der Waals surface area contributed by atoms with Gasteiger partial charge in [-0.25, -0.2) is 0 Å². The highest BCUT2D eigenvalue weighted by atomic mass is 16.5. The average molecular weight is 234 g/mol. The number of Topliss-reactive ketones (excluding diaryl/α,β-unsaturated/α-hetero) is 1. The van der Waals surface area contributed by atoms with Crippen molar-refractivity contribution in [2.75, 3.05) is 13.2 Å². The predicted octanol–water partition coefficient (Wildman–Crippen LogP) is 1.53. The van der Waals surface area contributed by atoms with Crippen LogP contribution in [0.1, 0.15) is 22.8 Å². The highest BCUT2D eigenvalue weighted by molar-refractivity contribution is 6.13. The molecule has 1 heterocycles. The first kappa shape index (κ1) is 11.8. The summed E-state index contributed by atoms with van der Waals surface area (Å²) >= 11 is 0. The van der Waals surface area contributed by atoms with Crippen LogP contribution in [0.3, 0.4) is 0 Å². The van der Waals surface area contributed by atoms with Crippen molar-refractivity contribution in [2.45, 2.75) is 13.3 Å². The molecule has 1 N–H and O–H groups in total. The van der Waals surface area contributed by atoms with E-state index in [1.165, 1.54) is 0 Å². The van der Waals surface area contributed by atoms with E-state index in [1.54, 1.807) is 12.1 Å². The van der Waals surface area contributed by atoms with Crippen LogP contribution in [0, 0.1) is 5.41 Å². The fourth-order valence-corrected chi connectivity index (χ4v) is 1.83. The van der Waals surface area contributed by atoms with Gasteiger partial charge in [0.05, 0.1) is 13.2 Å². The third kappa shape index (κ3) is 1.85. The van der Waals surface area contributed by atoms with Crippen LogP contribution in [0.5, 0.6) is 0 Å². The number of hydrogen-bond donors (Lipinski definition) is 1. The van der Waals surface area contributed by atoms with E-state index >= 15 is 0 Å². The van der Waals surface area contributed by atoms with Gasteiger partial charge in [0.25, 0.3) is 0 Å². The van der Waals surface area contributed by atoms with E-state index in [9.17, 15) is 9.59 Å².